The number of nitrogens with zero attached hydrogens (tertiary/aromatic N) is 4. The molecule has 0 amide bonds. The minimum atomic E-state index is 0. The molecule has 1 fully saturated rings. The number of rotatable bonds is 5. The van der Waals surface area contributed by atoms with E-state index in [9.17, 15) is 0 Å². The van der Waals surface area contributed by atoms with Crippen LogP contribution in [0.15, 0.2) is 17.3 Å². The molecule has 24 heavy (non-hydrogen) atoms. The van der Waals surface area contributed by atoms with Crippen molar-refractivity contribution in [3.63, 3.8) is 0 Å². The number of likely N-dealkylation sites (tertiary alicyclic amines) is 1. The molecule has 2 rings (SSSR count). The number of aryl methyl sites for hydroxylation is 1. The van der Waals surface area contributed by atoms with Gasteiger partial charge in [0.15, 0.2) is 5.96 Å². The van der Waals surface area contributed by atoms with Crippen LogP contribution in [0.3, 0.4) is 0 Å². The maximum absolute atomic E-state index is 6.05. The lowest BCUT2D eigenvalue weighted by Crippen LogP contribution is -2.42. The SMILES string of the molecule is CN=C(NCCN1CCCCCC1)N(C)Cc1cc(Cl)cn1C.I. The van der Waals surface area contributed by atoms with E-state index in [2.05, 4.69) is 31.7 Å². The average Bonchev–Trinajstić information content (AvgIpc) is 2.71. The standard InChI is InChI=1S/C17H30ClN5.HI/c1-19-17(20-8-11-23-9-6-4-5-7-10-23)22(3)14-16-12-15(18)13-21(16)2;/h12-13H,4-11,14H2,1-3H3,(H,19,20);1H. The van der Waals surface area contributed by atoms with Gasteiger partial charge in [-0.25, -0.2) is 0 Å². The third kappa shape index (κ3) is 6.80. The summed E-state index contributed by atoms with van der Waals surface area (Å²) >= 11 is 6.05. The Labute approximate surface area is 168 Å². The van der Waals surface area contributed by atoms with Gasteiger partial charge in [-0.3, -0.25) is 4.99 Å². The molecule has 1 aromatic rings. The van der Waals surface area contributed by atoms with Crippen molar-refractivity contribution in [2.45, 2.75) is 32.2 Å². The largest absolute Gasteiger partial charge is 0.355 e. The molecule has 7 heteroatoms. The van der Waals surface area contributed by atoms with E-state index in [1.54, 1.807) is 0 Å². The first kappa shape index (κ1) is 21.6. The van der Waals surface area contributed by atoms with Gasteiger partial charge in [-0.15, -0.1) is 24.0 Å². The van der Waals surface area contributed by atoms with Crippen molar-refractivity contribution in [2.24, 2.45) is 12.0 Å². The van der Waals surface area contributed by atoms with Crippen molar-refractivity contribution >= 4 is 41.5 Å². The van der Waals surface area contributed by atoms with Crippen LogP contribution in [0.5, 0.6) is 0 Å². The second-order valence-corrected chi connectivity index (χ2v) is 6.78. The lowest BCUT2D eigenvalue weighted by atomic mass is 10.2. The Morgan fingerprint density at radius 1 is 1.29 bits per heavy atom. The molecule has 1 N–H and O–H groups in total. The number of guanidine groups is 1. The maximum Gasteiger partial charge on any atom is 0.193 e. The molecule has 0 bridgehead atoms. The third-order valence-corrected chi connectivity index (χ3v) is 4.66. The Hall–Kier alpha value is -0.470. The number of hydrogen-bond donors (Lipinski definition) is 1. The smallest absolute Gasteiger partial charge is 0.193 e. The van der Waals surface area contributed by atoms with E-state index < -0.39 is 0 Å². The molecule has 1 aromatic heterocycles. The normalized spacial score (nSPS) is 16.4. The lowest BCUT2D eigenvalue weighted by Gasteiger charge is -2.24. The van der Waals surface area contributed by atoms with Crippen molar-refractivity contribution in [1.29, 1.82) is 0 Å². The lowest BCUT2D eigenvalue weighted by molar-refractivity contribution is 0.287. The zero-order valence-electron chi connectivity index (χ0n) is 15.1. The molecule has 1 aliphatic heterocycles. The van der Waals surface area contributed by atoms with Crippen LogP contribution in [0.4, 0.5) is 0 Å². The van der Waals surface area contributed by atoms with E-state index in [0.717, 1.165) is 30.6 Å². The van der Waals surface area contributed by atoms with Crippen LogP contribution in [0.25, 0.3) is 0 Å². The number of aromatic nitrogens is 1. The Kier molecular flexibility index (Phi) is 10.1. The highest BCUT2D eigenvalue weighted by atomic mass is 127. The molecule has 0 spiro atoms. The second-order valence-electron chi connectivity index (χ2n) is 6.35. The van der Waals surface area contributed by atoms with Gasteiger partial charge < -0.3 is 19.7 Å². The van der Waals surface area contributed by atoms with Crippen molar-refractivity contribution < 1.29 is 0 Å². The molecule has 1 saturated heterocycles. The van der Waals surface area contributed by atoms with Crippen LogP contribution in [0, 0.1) is 0 Å². The summed E-state index contributed by atoms with van der Waals surface area (Å²) in [5.74, 6) is 0.928. The van der Waals surface area contributed by atoms with Crippen LogP contribution >= 0.6 is 35.6 Å². The first-order valence-electron chi connectivity index (χ1n) is 8.55. The van der Waals surface area contributed by atoms with Crippen LogP contribution in [-0.4, -0.2) is 60.6 Å². The molecule has 0 atom stereocenters. The molecule has 0 unspecified atom stereocenters. The van der Waals surface area contributed by atoms with Crippen LogP contribution < -0.4 is 5.32 Å². The fourth-order valence-corrected chi connectivity index (χ4v) is 3.38. The Bertz CT molecular complexity index is 509. The van der Waals surface area contributed by atoms with Gasteiger partial charge in [0.25, 0.3) is 0 Å². The fraction of sp³-hybridized carbons (Fsp3) is 0.706. The predicted molar refractivity (Wildman–Crippen MR) is 114 cm³/mol. The van der Waals surface area contributed by atoms with Gasteiger partial charge in [0.2, 0.25) is 0 Å². The molecule has 138 valence electrons. The van der Waals surface area contributed by atoms with E-state index in [4.69, 9.17) is 11.6 Å². The Morgan fingerprint density at radius 2 is 1.96 bits per heavy atom. The van der Waals surface area contributed by atoms with E-state index in [0.29, 0.717) is 0 Å². The predicted octanol–water partition coefficient (Wildman–Crippen LogP) is 3.18. The molecular formula is C17H31ClIN5. The molecule has 0 saturated carbocycles. The second kappa shape index (κ2) is 11.2. The molecule has 0 aromatic carbocycles. The van der Waals surface area contributed by atoms with Crippen molar-refractivity contribution in [1.82, 2.24) is 19.7 Å². The van der Waals surface area contributed by atoms with Crippen LogP contribution in [0.2, 0.25) is 5.02 Å². The van der Waals surface area contributed by atoms with Gasteiger partial charge in [-0.1, -0.05) is 24.4 Å². The highest BCUT2D eigenvalue weighted by Crippen LogP contribution is 2.14. The van der Waals surface area contributed by atoms with Gasteiger partial charge >= 0.3 is 0 Å². The van der Waals surface area contributed by atoms with Gasteiger partial charge in [0.05, 0.1) is 11.6 Å². The quantitative estimate of drug-likeness (QED) is 0.410. The Morgan fingerprint density at radius 3 is 2.50 bits per heavy atom. The maximum atomic E-state index is 6.05. The summed E-state index contributed by atoms with van der Waals surface area (Å²) in [7, 11) is 5.91. The molecule has 0 aliphatic carbocycles. The summed E-state index contributed by atoms with van der Waals surface area (Å²) < 4.78 is 2.06. The molecule has 5 nitrogen and oxygen atoms in total. The third-order valence-electron chi connectivity index (χ3n) is 4.46. The fourth-order valence-electron chi connectivity index (χ4n) is 3.11. The van der Waals surface area contributed by atoms with Gasteiger partial charge in [-0.05, 0) is 32.0 Å². The minimum Gasteiger partial charge on any atom is -0.355 e. The van der Waals surface area contributed by atoms with Crippen molar-refractivity contribution in [3.8, 4) is 0 Å². The summed E-state index contributed by atoms with van der Waals surface area (Å²) in [5, 5.41) is 4.25. The molecular weight excluding hydrogens is 437 g/mol. The zero-order valence-corrected chi connectivity index (χ0v) is 18.2. The summed E-state index contributed by atoms with van der Waals surface area (Å²) in [6.07, 6.45) is 7.37. The van der Waals surface area contributed by atoms with Gasteiger partial charge in [0, 0.05) is 46.1 Å². The van der Waals surface area contributed by atoms with Crippen molar-refractivity contribution in [2.75, 3.05) is 40.3 Å². The average molecular weight is 468 g/mol. The number of hydrogen-bond acceptors (Lipinski definition) is 2. The summed E-state index contributed by atoms with van der Waals surface area (Å²) in [5.41, 5.74) is 1.17. The summed E-state index contributed by atoms with van der Waals surface area (Å²) in [6, 6.07) is 2.00. The van der Waals surface area contributed by atoms with Crippen LogP contribution in [-0.2, 0) is 13.6 Å². The first-order chi connectivity index (χ1) is 11.1. The van der Waals surface area contributed by atoms with E-state index in [-0.39, 0.29) is 24.0 Å². The Balaban J connectivity index is 0.00000288. The first-order valence-corrected chi connectivity index (χ1v) is 8.93. The number of nitrogens with one attached hydrogen (secondary N) is 1. The van der Waals surface area contributed by atoms with E-state index >= 15 is 0 Å². The van der Waals surface area contributed by atoms with E-state index in [1.807, 2.05) is 26.4 Å². The van der Waals surface area contributed by atoms with E-state index in [1.165, 1.54) is 44.5 Å². The molecule has 1 aliphatic rings. The van der Waals surface area contributed by atoms with Crippen LogP contribution in [0.1, 0.15) is 31.4 Å². The molecule has 2 heterocycles. The van der Waals surface area contributed by atoms with Crippen molar-refractivity contribution in [3.05, 3.63) is 23.0 Å². The van der Waals surface area contributed by atoms with Gasteiger partial charge in [0.1, 0.15) is 0 Å². The number of aliphatic imine (C=N–C) groups is 1. The highest BCUT2D eigenvalue weighted by molar-refractivity contribution is 14.0. The minimum absolute atomic E-state index is 0. The monoisotopic (exact) mass is 467 g/mol. The van der Waals surface area contributed by atoms with Gasteiger partial charge in [-0.2, -0.15) is 0 Å². The zero-order chi connectivity index (χ0) is 16.7. The highest BCUT2D eigenvalue weighted by Gasteiger charge is 2.11. The number of halogens is 2. The summed E-state index contributed by atoms with van der Waals surface area (Å²) in [6.45, 7) is 5.27. The summed E-state index contributed by atoms with van der Waals surface area (Å²) in [4.78, 5) is 9.09. The molecule has 0 radical (unpaired) electrons. The topological polar surface area (TPSA) is 35.8 Å².